The van der Waals surface area contributed by atoms with Gasteiger partial charge in [-0.05, 0) is 75.2 Å². The second-order valence-electron chi connectivity index (χ2n) is 10.7. The van der Waals surface area contributed by atoms with Gasteiger partial charge in [0.2, 0.25) is 0 Å². The average molecular weight is 596 g/mol. The Kier molecular flexibility index (Phi) is 11.9. The van der Waals surface area contributed by atoms with Gasteiger partial charge in [-0.15, -0.1) is 0 Å². The van der Waals surface area contributed by atoms with Crippen LogP contribution >= 0.6 is 8.58 Å². The fourth-order valence-electron chi connectivity index (χ4n) is 5.02. The van der Waals surface area contributed by atoms with Crippen LogP contribution in [0.1, 0.15) is 49.3 Å². The third kappa shape index (κ3) is 8.43. The fraction of sp³-hybridized carbons (Fsp3) is 0.184. The van der Waals surface area contributed by atoms with Crippen molar-refractivity contribution in [2.24, 2.45) is 0 Å². The molecule has 0 fully saturated rings. The molecule has 6 heteroatoms. The maximum absolute atomic E-state index is 14.0. The van der Waals surface area contributed by atoms with E-state index >= 15 is 0 Å². The maximum atomic E-state index is 14.0. The molecule has 1 atom stereocenters. The molecule has 218 valence electrons. The van der Waals surface area contributed by atoms with E-state index in [2.05, 4.69) is 19.9 Å². The largest absolute Gasteiger partial charge is 1.00 e. The first-order chi connectivity index (χ1) is 20.9. The van der Waals surface area contributed by atoms with Crippen LogP contribution in [0, 0.1) is 27.7 Å². The summed E-state index contributed by atoms with van der Waals surface area (Å²) in [6.07, 6.45) is 0. The van der Waals surface area contributed by atoms with Crippen LogP contribution in [-0.4, -0.2) is 5.52 Å². The Morgan fingerprint density at radius 1 is 0.568 bits per heavy atom. The first kappa shape index (κ1) is 33.1. The molecular weight excluding hydrogens is 558 g/mol. The smallest absolute Gasteiger partial charge is 0.489 e. The van der Waals surface area contributed by atoms with Crippen molar-refractivity contribution in [3.8, 4) is 17.2 Å². The number of ether oxygens (including phenoxy) is 3. The Morgan fingerprint density at radius 3 is 1.45 bits per heavy atom. The van der Waals surface area contributed by atoms with E-state index in [1.54, 1.807) is 0 Å². The van der Waals surface area contributed by atoms with Crippen molar-refractivity contribution in [1.82, 2.24) is 0 Å². The topological polar surface area (TPSA) is 44.8 Å². The molecule has 0 saturated heterocycles. The Hall–Kier alpha value is -3.80. The van der Waals surface area contributed by atoms with Gasteiger partial charge in [-0.1, -0.05) is 97.1 Å². The second-order valence-corrected chi connectivity index (χ2v) is 11.9. The maximum Gasteiger partial charge on any atom is 1.00 e. The molecule has 0 amide bonds. The van der Waals surface area contributed by atoms with Gasteiger partial charge in [-0.25, -0.2) is 0 Å². The molecule has 4 nitrogen and oxygen atoms in total. The van der Waals surface area contributed by atoms with Gasteiger partial charge >= 0.3 is 18.9 Å². The van der Waals surface area contributed by atoms with Crippen molar-refractivity contribution in [3.63, 3.8) is 0 Å². The minimum absolute atomic E-state index is 0. The van der Waals surface area contributed by atoms with Gasteiger partial charge in [0.25, 0.3) is 0 Å². The van der Waals surface area contributed by atoms with E-state index in [0.717, 1.165) is 44.2 Å². The Morgan fingerprint density at radius 2 is 1.00 bits per heavy atom. The summed E-state index contributed by atoms with van der Waals surface area (Å²) < 4.78 is 19.1. The Balaban J connectivity index is 0.00000442. The Labute approximate surface area is 274 Å². The van der Waals surface area contributed by atoms with E-state index in [1.807, 2.05) is 117 Å². The first-order valence-electron chi connectivity index (χ1n) is 14.5. The zero-order chi connectivity index (χ0) is 30.2. The SMILES string of the molecule is Cc1cc(C)c(C(=O)Pc2c(OCc3ccccc3)cc(OCc3ccccc3)cc2OCc2ccccc2)c(C)c1C.[Li+]. The summed E-state index contributed by atoms with van der Waals surface area (Å²) in [6.45, 7) is 9.32. The number of hydrogen-bond acceptors (Lipinski definition) is 4. The number of carbonyl (C=O) groups excluding carboxylic acids is 1. The Bertz CT molecular complexity index is 1620. The molecule has 0 bridgehead atoms. The van der Waals surface area contributed by atoms with Gasteiger partial charge in [0, 0.05) is 17.7 Å². The van der Waals surface area contributed by atoms with Crippen LogP contribution in [0.3, 0.4) is 0 Å². The monoisotopic (exact) mass is 595 g/mol. The zero-order valence-electron chi connectivity index (χ0n) is 26.1. The van der Waals surface area contributed by atoms with Crippen LogP contribution in [0.5, 0.6) is 17.2 Å². The van der Waals surface area contributed by atoms with Gasteiger partial charge in [0.1, 0.15) is 37.1 Å². The predicted molar refractivity (Wildman–Crippen MR) is 176 cm³/mol. The van der Waals surface area contributed by atoms with E-state index in [0.29, 0.717) is 37.1 Å². The summed E-state index contributed by atoms with van der Waals surface area (Å²) in [5, 5.41) is 0.737. The van der Waals surface area contributed by atoms with E-state index in [-0.39, 0.29) is 33.0 Å². The second kappa shape index (κ2) is 15.8. The summed E-state index contributed by atoms with van der Waals surface area (Å²) in [4.78, 5) is 14.0. The van der Waals surface area contributed by atoms with Crippen molar-refractivity contribution < 1.29 is 37.9 Å². The minimum Gasteiger partial charge on any atom is -0.489 e. The molecular formula is C38H37LiO4P+. The molecule has 5 rings (SSSR count). The molecule has 0 N–H and O–H groups in total. The quantitative estimate of drug-likeness (QED) is 0.135. The minimum atomic E-state index is -0.199. The van der Waals surface area contributed by atoms with Crippen molar-refractivity contribution in [2.45, 2.75) is 47.5 Å². The van der Waals surface area contributed by atoms with Crippen LogP contribution in [-0.2, 0) is 19.8 Å². The number of carbonyl (C=O) groups is 1. The number of rotatable bonds is 12. The molecule has 1 unspecified atom stereocenters. The summed E-state index contributed by atoms with van der Waals surface area (Å²) in [5.41, 5.74) is 8.30. The van der Waals surface area contributed by atoms with E-state index in [4.69, 9.17) is 14.2 Å². The molecule has 0 saturated carbocycles. The van der Waals surface area contributed by atoms with Crippen LogP contribution < -0.4 is 38.4 Å². The summed E-state index contributed by atoms with van der Waals surface area (Å²) in [7, 11) is -0.199. The van der Waals surface area contributed by atoms with Crippen LogP contribution in [0.4, 0.5) is 0 Å². The summed E-state index contributed by atoms with van der Waals surface area (Å²) >= 11 is 0. The standard InChI is InChI=1S/C38H37O4P.Li/c1-26-20-27(2)36(29(4)28(26)3)38(39)43-37-34(41-24-31-16-10-6-11-17-31)21-33(40-23-30-14-8-5-9-15-30)22-35(37)42-25-32-18-12-7-13-19-32;/h5-22,43H,23-25H2,1-4H3;/q;+1. The predicted octanol–water partition coefficient (Wildman–Crippen LogP) is 5.81. The van der Waals surface area contributed by atoms with Crippen molar-refractivity contribution >= 4 is 19.4 Å². The molecule has 0 aliphatic rings. The fourth-order valence-corrected chi connectivity index (χ4v) is 6.29. The molecule has 0 spiro atoms. The number of hydrogen-bond donors (Lipinski definition) is 0. The molecule has 0 radical (unpaired) electrons. The molecule has 44 heavy (non-hydrogen) atoms. The van der Waals surface area contributed by atoms with Crippen molar-refractivity contribution in [2.75, 3.05) is 0 Å². The normalized spacial score (nSPS) is 10.8. The third-order valence-corrected chi connectivity index (χ3v) is 8.80. The molecule has 0 heterocycles. The van der Waals surface area contributed by atoms with E-state index in [9.17, 15) is 4.79 Å². The van der Waals surface area contributed by atoms with Crippen molar-refractivity contribution in [3.05, 3.63) is 154 Å². The van der Waals surface area contributed by atoms with Gasteiger partial charge in [-0.2, -0.15) is 0 Å². The van der Waals surface area contributed by atoms with Gasteiger partial charge in [0.05, 0.1) is 5.30 Å². The van der Waals surface area contributed by atoms with E-state index < -0.39 is 0 Å². The van der Waals surface area contributed by atoms with Gasteiger partial charge in [0.15, 0.2) is 5.52 Å². The van der Waals surface area contributed by atoms with Crippen LogP contribution in [0.2, 0.25) is 0 Å². The van der Waals surface area contributed by atoms with E-state index in [1.165, 1.54) is 5.56 Å². The number of aryl methyl sites for hydroxylation is 2. The van der Waals surface area contributed by atoms with Crippen LogP contribution in [0.25, 0.3) is 0 Å². The molecule has 0 aromatic heterocycles. The zero-order valence-corrected chi connectivity index (χ0v) is 27.1. The number of benzene rings is 5. The average Bonchev–Trinajstić information content (AvgIpc) is 3.03. The van der Waals surface area contributed by atoms with Gasteiger partial charge in [-0.3, -0.25) is 4.79 Å². The molecule has 0 aliphatic carbocycles. The summed E-state index contributed by atoms with van der Waals surface area (Å²) in [5.74, 6) is 1.79. The third-order valence-electron chi connectivity index (χ3n) is 7.58. The summed E-state index contributed by atoms with van der Waals surface area (Å²) in [6, 6.07) is 35.9. The van der Waals surface area contributed by atoms with Crippen LogP contribution in [0.15, 0.2) is 109 Å². The molecule has 5 aromatic rings. The molecule has 5 aromatic carbocycles. The first-order valence-corrected chi connectivity index (χ1v) is 15.5. The van der Waals surface area contributed by atoms with Crippen molar-refractivity contribution in [1.29, 1.82) is 0 Å². The van der Waals surface area contributed by atoms with Gasteiger partial charge < -0.3 is 14.2 Å². The molecule has 0 aliphatic heterocycles.